The van der Waals surface area contributed by atoms with E-state index in [2.05, 4.69) is 15.9 Å². The average Bonchev–Trinajstić information content (AvgIpc) is 2.08. The van der Waals surface area contributed by atoms with Gasteiger partial charge in [-0.3, -0.25) is 0 Å². The van der Waals surface area contributed by atoms with Crippen LogP contribution in [-0.2, 0) is 0 Å². The third kappa shape index (κ3) is 2.43. The molecule has 1 aromatic rings. The van der Waals surface area contributed by atoms with Gasteiger partial charge in [0.05, 0.1) is 16.6 Å². The molecular weight excluding hydrogens is 234 g/mol. The maximum atomic E-state index is 9.23. The van der Waals surface area contributed by atoms with Crippen LogP contribution in [-0.4, -0.2) is 16.3 Å². The van der Waals surface area contributed by atoms with E-state index < -0.39 is 12.1 Å². The van der Waals surface area contributed by atoms with Gasteiger partial charge in [0.2, 0.25) is 0 Å². The van der Waals surface area contributed by atoms with Crippen molar-refractivity contribution in [2.75, 3.05) is 0 Å². The van der Waals surface area contributed by atoms with E-state index >= 15 is 0 Å². The van der Waals surface area contributed by atoms with Crippen LogP contribution in [0.3, 0.4) is 0 Å². The average molecular weight is 246 g/mol. The van der Waals surface area contributed by atoms with Gasteiger partial charge >= 0.3 is 0 Å². The lowest BCUT2D eigenvalue weighted by Crippen LogP contribution is -2.22. The molecule has 0 aliphatic heterocycles. The molecule has 0 radical (unpaired) electrons. The van der Waals surface area contributed by atoms with E-state index in [1.165, 1.54) is 0 Å². The number of phenols is 1. The van der Waals surface area contributed by atoms with E-state index in [4.69, 9.17) is 5.73 Å². The molecule has 0 bridgehead atoms. The van der Waals surface area contributed by atoms with Gasteiger partial charge in [0, 0.05) is 0 Å². The van der Waals surface area contributed by atoms with Crippen LogP contribution in [0.15, 0.2) is 22.7 Å². The molecule has 0 aliphatic rings. The number of hydrogen-bond acceptors (Lipinski definition) is 3. The lowest BCUT2D eigenvalue weighted by Gasteiger charge is -2.15. The molecule has 0 saturated carbocycles. The van der Waals surface area contributed by atoms with E-state index in [0.717, 1.165) is 5.56 Å². The molecule has 1 aromatic carbocycles. The highest BCUT2D eigenvalue weighted by Gasteiger charge is 2.12. The number of aliphatic hydroxyl groups excluding tert-OH is 1. The minimum absolute atomic E-state index is 0.168. The summed E-state index contributed by atoms with van der Waals surface area (Å²) in [5.74, 6) is 0.168. The standard InChI is InChI=1S/C9H12BrNO2/c1-5(12)9(11)6-2-3-8(13)7(10)4-6/h2-5,9,12-13H,11H2,1H3/t5?,9-/m0/s1. The summed E-state index contributed by atoms with van der Waals surface area (Å²) < 4.78 is 0.584. The molecular formula is C9H12BrNO2. The van der Waals surface area contributed by atoms with Gasteiger partial charge in [-0.05, 0) is 40.5 Å². The van der Waals surface area contributed by atoms with Gasteiger partial charge in [-0.25, -0.2) is 0 Å². The second kappa shape index (κ2) is 4.09. The molecule has 0 spiro atoms. The zero-order chi connectivity index (χ0) is 10.0. The van der Waals surface area contributed by atoms with Crippen LogP contribution >= 0.6 is 15.9 Å². The van der Waals surface area contributed by atoms with Crippen molar-refractivity contribution in [2.45, 2.75) is 19.1 Å². The Morgan fingerprint density at radius 1 is 1.46 bits per heavy atom. The minimum Gasteiger partial charge on any atom is -0.507 e. The van der Waals surface area contributed by atoms with Crippen LogP contribution in [0.1, 0.15) is 18.5 Å². The second-order valence-corrected chi connectivity index (χ2v) is 3.83. The monoisotopic (exact) mass is 245 g/mol. The summed E-state index contributed by atoms with van der Waals surface area (Å²) in [6.45, 7) is 1.63. The Labute approximate surface area is 85.3 Å². The fourth-order valence-corrected chi connectivity index (χ4v) is 1.41. The molecule has 0 saturated heterocycles. The first-order valence-electron chi connectivity index (χ1n) is 3.94. The van der Waals surface area contributed by atoms with Crippen molar-refractivity contribution >= 4 is 15.9 Å². The zero-order valence-corrected chi connectivity index (χ0v) is 8.82. The highest BCUT2D eigenvalue weighted by molar-refractivity contribution is 9.10. The van der Waals surface area contributed by atoms with E-state index in [-0.39, 0.29) is 5.75 Å². The first kappa shape index (κ1) is 10.5. The topological polar surface area (TPSA) is 66.5 Å². The van der Waals surface area contributed by atoms with Crippen LogP contribution in [0.2, 0.25) is 0 Å². The molecule has 1 unspecified atom stereocenters. The van der Waals surface area contributed by atoms with Crippen molar-refractivity contribution in [3.63, 3.8) is 0 Å². The smallest absolute Gasteiger partial charge is 0.129 e. The number of nitrogens with two attached hydrogens (primary N) is 1. The Hall–Kier alpha value is -0.580. The Balaban J connectivity index is 2.97. The maximum absolute atomic E-state index is 9.23. The molecule has 2 atom stereocenters. The van der Waals surface area contributed by atoms with Crippen molar-refractivity contribution < 1.29 is 10.2 Å². The molecule has 1 rings (SSSR count). The van der Waals surface area contributed by atoms with Crippen molar-refractivity contribution in [2.24, 2.45) is 5.73 Å². The van der Waals surface area contributed by atoms with E-state index in [9.17, 15) is 10.2 Å². The third-order valence-electron chi connectivity index (χ3n) is 1.88. The van der Waals surface area contributed by atoms with E-state index in [0.29, 0.717) is 4.47 Å². The first-order valence-corrected chi connectivity index (χ1v) is 4.73. The lowest BCUT2D eigenvalue weighted by molar-refractivity contribution is 0.164. The molecule has 72 valence electrons. The number of halogens is 1. The zero-order valence-electron chi connectivity index (χ0n) is 7.24. The van der Waals surface area contributed by atoms with Gasteiger partial charge in [0.1, 0.15) is 5.75 Å². The van der Waals surface area contributed by atoms with Crippen LogP contribution in [0.4, 0.5) is 0 Å². The molecule has 4 N–H and O–H groups in total. The number of benzene rings is 1. The molecule has 0 heterocycles. The van der Waals surface area contributed by atoms with E-state index in [1.54, 1.807) is 25.1 Å². The number of rotatable bonds is 2. The Bertz CT molecular complexity index is 302. The molecule has 3 nitrogen and oxygen atoms in total. The summed E-state index contributed by atoms with van der Waals surface area (Å²) in [5, 5.41) is 18.4. The Morgan fingerprint density at radius 3 is 2.54 bits per heavy atom. The largest absolute Gasteiger partial charge is 0.507 e. The van der Waals surface area contributed by atoms with Crippen LogP contribution < -0.4 is 5.73 Å². The Kier molecular flexibility index (Phi) is 3.30. The summed E-state index contributed by atoms with van der Waals surface area (Å²) in [6.07, 6.45) is -0.601. The van der Waals surface area contributed by atoms with Gasteiger partial charge in [-0.15, -0.1) is 0 Å². The summed E-state index contributed by atoms with van der Waals surface area (Å²) in [5.41, 5.74) is 6.50. The lowest BCUT2D eigenvalue weighted by atomic mass is 10.0. The first-order chi connectivity index (χ1) is 6.02. The predicted octanol–water partition coefficient (Wildman–Crippen LogP) is 1.54. The van der Waals surface area contributed by atoms with Gasteiger partial charge in [-0.1, -0.05) is 6.07 Å². The Morgan fingerprint density at radius 2 is 2.08 bits per heavy atom. The van der Waals surface area contributed by atoms with E-state index in [1.807, 2.05) is 0 Å². The highest BCUT2D eigenvalue weighted by Crippen LogP contribution is 2.27. The minimum atomic E-state index is -0.601. The van der Waals surface area contributed by atoms with Crippen LogP contribution in [0.5, 0.6) is 5.75 Å². The van der Waals surface area contributed by atoms with Crippen molar-refractivity contribution in [3.8, 4) is 5.75 Å². The summed E-state index contributed by atoms with van der Waals surface area (Å²) in [6, 6.07) is 4.52. The molecule has 13 heavy (non-hydrogen) atoms. The summed E-state index contributed by atoms with van der Waals surface area (Å²) in [7, 11) is 0. The van der Waals surface area contributed by atoms with Gasteiger partial charge in [0.15, 0.2) is 0 Å². The second-order valence-electron chi connectivity index (χ2n) is 2.98. The van der Waals surface area contributed by atoms with Crippen LogP contribution in [0, 0.1) is 0 Å². The molecule has 0 aliphatic carbocycles. The van der Waals surface area contributed by atoms with Crippen molar-refractivity contribution in [1.82, 2.24) is 0 Å². The van der Waals surface area contributed by atoms with Crippen LogP contribution in [0.25, 0.3) is 0 Å². The molecule has 0 aromatic heterocycles. The number of aliphatic hydroxyl groups is 1. The normalized spacial score (nSPS) is 15.4. The summed E-state index contributed by atoms with van der Waals surface area (Å²) >= 11 is 3.18. The molecule has 4 heteroatoms. The predicted molar refractivity (Wildman–Crippen MR) is 54.4 cm³/mol. The summed E-state index contributed by atoms with van der Waals surface area (Å²) in [4.78, 5) is 0. The fourth-order valence-electron chi connectivity index (χ4n) is 1.01. The third-order valence-corrected chi connectivity index (χ3v) is 2.51. The highest BCUT2D eigenvalue weighted by atomic mass is 79.9. The van der Waals surface area contributed by atoms with Gasteiger partial charge < -0.3 is 15.9 Å². The number of phenolic OH excluding ortho intramolecular Hbond substituents is 1. The van der Waals surface area contributed by atoms with Gasteiger partial charge in [-0.2, -0.15) is 0 Å². The van der Waals surface area contributed by atoms with Crippen molar-refractivity contribution in [3.05, 3.63) is 28.2 Å². The number of aromatic hydroxyl groups is 1. The maximum Gasteiger partial charge on any atom is 0.129 e. The van der Waals surface area contributed by atoms with Gasteiger partial charge in [0.25, 0.3) is 0 Å². The van der Waals surface area contributed by atoms with Crippen molar-refractivity contribution in [1.29, 1.82) is 0 Å². The molecule has 0 amide bonds. The molecule has 0 fully saturated rings. The SMILES string of the molecule is CC(O)[C@H](N)c1ccc(O)c(Br)c1. The quantitative estimate of drug-likeness (QED) is 0.741. The number of hydrogen-bond donors (Lipinski definition) is 3. The fraction of sp³-hybridized carbons (Fsp3) is 0.333.